The topological polar surface area (TPSA) is 98.5 Å². The number of nitriles is 1. The summed E-state index contributed by atoms with van der Waals surface area (Å²) in [6.07, 6.45) is 2.51. The highest BCUT2D eigenvalue weighted by atomic mass is 16.5. The molecule has 2 N–H and O–H groups in total. The SMILES string of the molecule is COc1nc(NC2CCC(N(C(=O)O)C(C)(C)C)CC2)ccc1C#N. The van der Waals surface area contributed by atoms with Crippen LogP contribution in [0, 0.1) is 11.3 Å². The van der Waals surface area contributed by atoms with Gasteiger partial charge >= 0.3 is 6.09 Å². The van der Waals surface area contributed by atoms with Crippen molar-refractivity contribution in [2.24, 2.45) is 0 Å². The Morgan fingerprint density at radius 2 is 2.00 bits per heavy atom. The second-order valence-electron chi connectivity index (χ2n) is 7.34. The largest absolute Gasteiger partial charge is 0.480 e. The van der Waals surface area contributed by atoms with Crippen molar-refractivity contribution in [3.8, 4) is 11.9 Å². The van der Waals surface area contributed by atoms with Gasteiger partial charge in [-0.15, -0.1) is 0 Å². The van der Waals surface area contributed by atoms with Gasteiger partial charge in [0.1, 0.15) is 17.5 Å². The summed E-state index contributed by atoms with van der Waals surface area (Å²) >= 11 is 0. The molecule has 1 heterocycles. The van der Waals surface area contributed by atoms with Gasteiger partial charge < -0.3 is 20.1 Å². The van der Waals surface area contributed by atoms with Crippen LogP contribution in [0.1, 0.15) is 52.0 Å². The predicted octanol–water partition coefficient (Wildman–Crippen LogP) is 3.46. The maximum atomic E-state index is 11.6. The van der Waals surface area contributed by atoms with E-state index in [4.69, 9.17) is 10.00 Å². The van der Waals surface area contributed by atoms with E-state index in [0.717, 1.165) is 25.7 Å². The standard InChI is InChI=1S/C18H26N4O3/c1-18(2,3)22(17(23)24)14-8-6-13(7-9-14)20-15-10-5-12(11-19)16(21-15)25-4/h5,10,13-14H,6-9H2,1-4H3,(H,20,21)(H,23,24). The van der Waals surface area contributed by atoms with Crippen molar-refractivity contribution >= 4 is 11.9 Å². The third-order valence-corrected chi connectivity index (χ3v) is 4.52. The molecule has 0 aromatic carbocycles. The number of amides is 1. The number of nitrogens with one attached hydrogen (secondary N) is 1. The minimum atomic E-state index is -0.859. The molecular weight excluding hydrogens is 320 g/mol. The van der Waals surface area contributed by atoms with E-state index < -0.39 is 11.6 Å². The smallest absolute Gasteiger partial charge is 0.407 e. The minimum absolute atomic E-state index is 0.0408. The van der Waals surface area contributed by atoms with Crippen LogP contribution in [-0.2, 0) is 0 Å². The van der Waals surface area contributed by atoms with Crippen molar-refractivity contribution in [3.63, 3.8) is 0 Å². The molecule has 1 fully saturated rings. The molecule has 0 radical (unpaired) electrons. The molecule has 1 aliphatic rings. The predicted molar refractivity (Wildman–Crippen MR) is 94.8 cm³/mol. The molecule has 2 rings (SSSR count). The van der Waals surface area contributed by atoms with Crippen molar-refractivity contribution in [2.45, 2.75) is 64.1 Å². The van der Waals surface area contributed by atoms with Crippen LogP contribution in [0.2, 0.25) is 0 Å². The number of carboxylic acid groups (broad SMARTS) is 1. The van der Waals surface area contributed by atoms with E-state index in [9.17, 15) is 9.90 Å². The van der Waals surface area contributed by atoms with E-state index in [1.54, 1.807) is 17.0 Å². The summed E-state index contributed by atoms with van der Waals surface area (Å²) in [7, 11) is 1.49. The first-order valence-corrected chi connectivity index (χ1v) is 8.50. The Hall–Kier alpha value is -2.49. The molecule has 1 amide bonds. The lowest BCUT2D eigenvalue weighted by atomic mass is 9.88. The van der Waals surface area contributed by atoms with Gasteiger partial charge in [-0.05, 0) is 58.6 Å². The van der Waals surface area contributed by atoms with Crippen molar-refractivity contribution in [1.82, 2.24) is 9.88 Å². The fraction of sp³-hybridized carbons (Fsp3) is 0.611. The minimum Gasteiger partial charge on any atom is -0.480 e. The third kappa shape index (κ3) is 4.53. The number of carbonyl (C=O) groups is 1. The first kappa shape index (κ1) is 18.8. The molecule has 7 nitrogen and oxygen atoms in total. The van der Waals surface area contributed by atoms with Crippen LogP contribution in [0.4, 0.5) is 10.6 Å². The van der Waals surface area contributed by atoms with Crippen LogP contribution in [0.5, 0.6) is 5.88 Å². The summed E-state index contributed by atoms with van der Waals surface area (Å²) in [5.41, 5.74) is -0.00207. The van der Waals surface area contributed by atoms with Gasteiger partial charge in [-0.2, -0.15) is 10.2 Å². The number of rotatable bonds is 4. The molecule has 0 spiro atoms. The normalized spacial score (nSPS) is 20.4. The quantitative estimate of drug-likeness (QED) is 0.866. The van der Waals surface area contributed by atoms with Crippen LogP contribution in [0.25, 0.3) is 0 Å². The van der Waals surface area contributed by atoms with Gasteiger partial charge in [-0.1, -0.05) is 0 Å². The van der Waals surface area contributed by atoms with Gasteiger partial charge in [0.15, 0.2) is 0 Å². The third-order valence-electron chi connectivity index (χ3n) is 4.52. The Labute approximate surface area is 148 Å². The number of hydrogen-bond acceptors (Lipinski definition) is 5. The Bertz CT molecular complexity index is 655. The first-order valence-electron chi connectivity index (χ1n) is 8.50. The summed E-state index contributed by atoms with van der Waals surface area (Å²) in [6, 6.07) is 5.77. The molecule has 0 bridgehead atoms. The van der Waals surface area contributed by atoms with Gasteiger partial charge in [0.05, 0.1) is 7.11 Å². The maximum Gasteiger partial charge on any atom is 0.407 e. The van der Waals surface area contributed by atoms with Crippen LogP contribution in [-0.4, -0.2) is 45.8 Å². The lowest BCUT2D eigenvalue weighted by Gasteiger charge is -2.42. The fourth-order valence-electron chi connectivity index (χ4n) is 3.44. The zero-order valence-electron chi connectivity index (χ0n) is 15.2. The number of nitrogens with zero attached hydrogens (tertiary/aromatic N) is 3. The van der Waals surface area contributed by atoms with E-state index in [0.29, 0.717) is 17.3 Å². The zero-order valence-corrected chi connectivity index (χ0v) is 15.2. The first-order chi connectivity index (χ1) is 11.8. The fourth-order valence-corrected chi connectivity index (χ4v) is 3.44. The molecular formula is C18H26N4O3. The van der Waals surface area contributed by atoms with Crippen LogP contribution >= 0.6 is 0 Å². The van der Waals surface area contributed by atoms with E-state index >= 15 is 0 Å². The summed E-state index contributed by atoms with van der Waals surface area (Å²) in [6.45, 7) is 5.79. The van der Waals surface area contributed by atoms with Crippen LogP contribution in [0.3, 0.4) is 0 Å². The Balaban J connectivity index is 1.99. The lowest BCUT2D eigenvalue weighted by molar-refractivity contribution is 0.0556. The molecule has 0 unspecified atom stereocenters. The van der Waals surface area contributed by atoms with E-state index in [-0.39, 0.29) is 12.1 Å². The average molecular weight is 346 g/mol. The van der Waals surface area contributed by atoms with Gasteiger partial charge in [-0.3, -0.25) is 0 Å². The molecule has 1 saturated carbocycles. The van der Waals surface area contributed by atoms with Crippen molar-refractivity contribution < 1.29 is 14.6 Å². The number of anilines is 1. The lowest BCUT2D eigenvalue weighted by Crippen LogP contribution is -2.52. The molecule has 136 valence electrons. The summed E-state index contributed by atoms with van der Waals surface area (Å²) in [5, 5.41) is 21.9. The van der Waals surface area contributed by atoms with Gasteiger partial charge in [-0.25, -0.2) is 4.79 Å². The molecule has 1 aromatic heterocycles. The summed E-state index contributed by atoms with van der Waals surface area (Å²) in [5.74, 6) is 0.983. The maximum absolute atomic E-state index is 11.6. The number of aromatic nitrogens is 1. The highest BCUT2D eigenvalue weighted by molar-refractivity contribution is 5.66. The van der Waals surface area contributed by atoms with Gasteiger partial charge in [0.25, 0.3) is 0 Å². The van der Waals surface area contributed by atoms with Crippen LogP contribution in [0.15, 0.2) is 12.1 Å². The van der Waals surface area contributed by atoms with Gasteiger partial charge in [0.2, 0.25) is 5.88 Å². The molecule has 0 atom stereocenters. The second-order valence-corrected chi connectivity index (χ2v) is 7.34. The van der Waals surface area contributed by atoms with Crippen LogP contribution < -0.4 is 10.1 Å². The molecule has 1 aromatic rings. The van der Waals surface area contributed by atoms with Gasteiger partial charge in [0, 0.05) is 17.6 Å². The number of hydrogen-bond donors (Lipinski definition) is 2. The van der Waals surface area contributed by atoms with Crippen molar-refractivity contribution in [1.29, 1.82) is 5.26 Å². The Morgan fingerprint density at radius 3 is 2.48 bits per heavy atom. The van der Waals surface area contributed by atoms with Crippen molar-refractivity contribution in [3.05, 3.63) is 17.7 Å². The Kier molecular flexibility index (Phi) is 5.73. The molecule has 1 aliphatic carbocycles. The molecule has 25 heavy (non-hydrogen) atoms. The Morgan fingerprint density at radius 1 is 1.36 bits per heavy atom. The number of ether oxygens (including phenoxy) is 1. The summed E-state index contributed by atoms with van der Waals surface area (Å²) < 4.78 is 5.13. The van der Waals surface area contributed by atoms with E-state index in [2.05, 4.69) is 10.3 Å². The molecule has 0 saturated heterocycles. The zero-order chi connectivity index (χ0) is 18.6. The number of methoxy groups -OCH3 is 1. The molecule has 0 aliphatic heterocycles. The monoisotopic (exact) mass is 346 g/mol. The van der Waals surface area contributed by atoms with E-state index in [1.807, 2.05) is 26.8 Å². The number of pyridine rings is 1. The average Bonchev–Trinajstić information content (AvgIpc) is 2.55. The van der Waals surface area contributed by atoms with E-state index in [1.165, 1.54) is 7.11 Å². The molecule has 7 heteroatoms. The highest BCUT2D eigenvalue weighted by Crippen LogP contribution is 2.30. The van der Waals surface area contributed by atoms with Crippen molar-refractivity contribution in [2.75, 3.05) is 12.4 Å². The summed E-state index contributed by atoms with van der Waals surface area (Å²) in [4.78, 5) is 17.5. The highest BCUT2D eigenvalue weighted by Gasteiger charge is 2.35. The second kappa shape index (κ2) is 7.60.